The Kier molecular flexibility index (Phi) is 9.04. The average molecular weight is 462 g/mol. The topological polar surface area (TPSA) is 88.2 Å². The molecule has 1 atom stereocenters. The highest BCUT2D eigenvalue weighted by Gasteiger charge is 2.25. The fraction of sp³-hybridized carbons (Fsp3) is 0.333. The van der Waals surface area contributed by atoms with E-state index in [1.165, 1.54) is 30.0 Å². The molecule has 1 aromatic carbocycles. The van der Waals surface area contributed by atoms with Crippen molar-refractivity contribution in [2.75, 3.05) is 18.6 Å². The molecule has 1 aromatic heterocycles. The van der Waals surface area contributed by atoms with Crippen molar-refractivity contribution in [2.24, 2.45) is 0 Å². The van der Waals surface area contributed by atoms with E-state index in [1.807, 2.05) is 24.5 Å². The fourth-order valence-electron chi connectivity index (χ4n) is 2.36. The molecule has 0 saturated heterocycles. The number of aromatic nitrogens is 1. The standard InChI is InChI=1S/C18H21Cl2N3O3S2/c1-27-11-8-17(18(24)22-10-7-13-4-2-3-9-21-13)23-28(25,26)14-5-6-15(19)16(20)12-14/h2-6,9,12,17,23H,7-8,10-11H2,1H3,(H,22,24). The number of rotatable bonds is 10. The number of amides is 1. The van der Waals surface area contributed by atoms with Crippen LogP contribution in [0.3, 0.4) is 0 Å². The van der Waals surface area contributed by atoms with E-state index in [4.69, 9.17) is 23.2 Å². The predicted octanol–water partition coefficient (Wildman–Crippen LogP) is 3.15. The van der Waals surface area contributed by atoms with Crippen LogP contribution in [0.4, 0.5) is 0 Å². The van der Waals surface area contributed by atoms with E-state index >= 15 is 0 Å². The zero-order valence-corrected chi connectivity index (χ0v) is 18.3. The number of carbonyl (C=O) groups is 1. The third kappa shape index (κ3) is 6.93. The van der Waals surface area contributed by atoms with Gasteiger partial charge in [0.05, 0.1) is 14.9 Å². The highest BCUT2D eigenvalue weighted by atomic mass is 35.5. The van der Waals surface area contributed by atoms with Crippen molar-refractivity contribution in [2.45, 2.75) is 23.8 Å². The number of nitrogens with one attached hydrogen (secondary N) is 2. The molecule has 2 rings (SSSR count). The van der Waals surface area contributed by atoms with E-state index in [2.05, 4.69) is 15.0 Å². The highest BCUT2D eigenvalue weighted by molar-refractivity contribution is 7.98. The number of hydrogen-bond donors (Lipinski definition) is 2. The number of thioether (sulfide) groups is 1. The van der Waals surface area contributed by atoms with Gasteiger partial charge in [-0.1, -0.05) is 29.3 Å². The molecule has 1 amide bonds. The molecule has 0 saturated carbocycles. The van der Waals surface area contributed by atoms with E-state index in [0.717, 1.165) is 5.69 Å². The molecule has 6 nitrogen and oxygen atoms in total. The predicted molar refractivity (Wildman–Crippen MR) is 115 cm³/mol. The first-order valence-electron chi connectivity index (χ1n) is 8.47. The molecule has 2 aromatic rings. The molecule has 0 spiro atoms. The lowest BCUT2D eigenvalue weighted by Gasteiger charge is -2.18. The van der Waals surface area contributed by atoms with Crippen LogP contribution in [-0.2, 0) is 21.2 Å². The molecular weight excluding hydrogens is 441 g/mol. The smallest absolute Gasteiger partial charge is 0.241 e. The van der Waals surface area contributed by atoms with Crippen molar-refractivity contribution in [3.05, 3.63) is 58.3 Å². The lowest BCUT2D eigenvalue weighted by atomic mass is 10.2. The van der Waals surface area contributed by atoms with E-state index in [9.17, 15) is 13.2 Å². The third-order valence-electron chi connectivity index (χ3n) is 3.83. The second-order valence-electron chi connectivity index (χ2n) is 5.89. The first-order valence-corrected chi connectivity index (χ1v) is 12.1. The molecule has 0 bridgehead atoms. The summed E-state index contributed by atoms with van der Waals surface area (Å²) in [4.78, 5) is 16.7. The summed E-state index contributed by atoms with van der Waals surface area (Å²) in [7, 11) is -3.93. The quantitative estimate of drug-likeness (QED) is 0.567. The Hall–Kier alpha value is -1.32. The molecular formula is C18H21Cl2N3O3S2. The van der Waals surface area contributed by atoms with Gasteiger partial charge in [0.15, 0.2) is 0 Å². The lowest BCUT2D eigenvalue weighted by molar-refractivity contribution is -0.122. The first kappa shape index (κ1) is 23.0. The van der Waals surface area contributed by atoms with Gasteiger partial charge in [0.2, 0.25) is 15.9 Å². The van der Waals surface area contributed by atoms with Gasteiger partial charge in [-0.05, 0) is 48.8 Å². The Balaban J connectivity index is 2.04. The van der Waals surface area contributed by atoms with Crippen LogP contribution in [0.25, 0.3) is 0 Å². The number of sulfonamides is 1. The van der Waals surface area contributed by atoms with Crippen LogP contribution in [0.1, 0.15) is 12.1 Å². The normalized spacial score (nSPS) is 12.5. The molecule has 0 radical (unpaired) electrons. The van der Waals surface area contributed by atoms with Gasteiger partial charge < -0.3 is 5.32 Å². The average Bonchev–Trinajstić information content (AvgIpc) is 2.67. The van der Waals surface area contributed by atoms with Crippen LogP contribution in [0.15, 0.2) is 47.5 Å². The third-order valence-corrected chi connectivity index (χ3v) is 6.68. The summed E-state index contributed by atoms with van der Waals surface area (Å²) in [6, 6.07) is 8.68. The molecule has 2 N–H and O–H groups in total. The molecule has 28 heavy (non-hydrogen) atoms. The van der Waals surface area contributed by atoms with Crippen LogP contribution in [0.2, 0.25) is 10.0 Å². The zero-order chi connectivity index (χ0) is 20.6. The van der Waals surface area contributed by atoms with E-state index in [0.29, 0.717) is 25.1 Å². The van der Waals surface area contributed by atoms with Gasteiger partial charge in [0.1, 0.15) is 6.04 Å². The Labute approximate surface area is 179 Å². The number of hydrogen-bond acceptors (Lipinski definition) is 5. The maximum Gasteiger partial charge on any atom is 0.241 e. The Bertz CT molecular complexity index is 896. The summed E-state index contributed by atoms with van der Waals surface area (Å²) in [5.41, 5.74) is 0.847. The summed E-state index contributed by atoms with van der Waals surface area (Å²) in [6.07, 6.45) is 4.49. The van der Waals surface area contributed by atoms with Crippen LogP contribution in [-0.4, -0.2) is 43.9 Å². The Morgan fingerprint density at radius 1 is 1.21 bits per heavy atom. The minimum absolute atomic E-state index is 0.0441. The second kappa shape index (κ2) is 11.0. The van der Waals surface area contributed by atoms with E-state index < -0.39 is 16.1 Å². The number of benzene rings is 1. The first-order chi connectivity index (χ1) is 13.3. The van der Waals surface area contributed by atoms with Crippen LogP contribution in [0, 0.1) is 0 Å². The summed E-state index contributed by atoms with van der Waals surface area (Å²) in [6.45, 7) is 0.361. The molecule has 0 aliphatic rings. The monoisotopic (exact) mass is 461 g/mol. The van der Waals surface area contributed by atoms with Gasteiger partial charge >= 0.3 is 0 Å². The zero-order valence-electron chi connectivity index (χ0n) is 15.2. The molecule has 152 valence electrons. The summed E-state index contributed by atoms with van der Waals surface area (Å²) in [5, 5.41) is 3.16. The molecule has 0 fully saturated rings. The fourth-order valence-corrected chi connectivity index (χ4v) is 4.45. The molecule has 10 heteroatoms. The highest BCUT2D eigenvalue weighted by Crippen LogP contribution is 2.25. The summed E-state index contributed by atoms with van der Waals surface area (Å²) in [5.74, 6) is 0.246. The van der Waals surface area contributed by atoms with Crippen molar-refractivity contribution in [1.29, 1.82) is 0 Å². The Morgan fingerprint density at radius 3 is 2.64 bits per heavy atom. The minimum Gasteiger partial charge on any atom is -0.354 e. The van der Waals surface area contributed by atoms with Crippen LogP contribution < -0.4 is 10.0 Å². The van der Waals surface area contributed by atoms with Crippen molar-refractivity contribution in [3.8, 4) is 0 Å². The van der Waals surface area contributed by atoms with Gasteiger partial charge in [0, 0.05) is 24.9 Å². The second-order valence-corrected chi connectivity index (χ2v) is 9.41. The summed E-state index contributed by atoms with van der Waals surface area (Å²) >= 11 is 13.3. The molecule has 1 heterocycles. The minimum atomic E-state index is -3.93. The maximum atomic E-state index is 12.7. The van der Waals surface area contributed by atoms with Crippen molar-refractivity contribution in [1.82, 2.24) is 15.0 Å². The largest absolute Gasteiger partial charge is 0.354 e. The Morgan fingerprint density at radius 2 is 2.00 bits per heavy atom. The number of halogens is 2. The SMILES string of the molecule is CSCCC(NS(=O)(=O)c1ccc(Cl)c(Cl)c1)C(=O)NCCc1ccccn1. The van der Waals surface area contributed by atoms with Gasteiger partial charge in [-0.15, -0.1) is 0 Å². The van der Waals surface area contributed by atoms with Gasteiger partial charge in [-0.25, -0.2) is 8.42 Å². The van der Waals surface area contributed by atoms with E-state index in [-0.39, 0.29) is 20.8 Å². The maximum absolute atomic E-state index is 12.7. The summed E-state index contributed by atoms with van der Waals surface area (Å²) < 4.78 is 27.8. The van der Waals surface area contributed by atoms with Crippen molar-refractivity contribution >= 4 is 50.9 Å². The van der Waals surface area contributed by atoms with Gasteiger partial charge in [-0.3, -0.25) is 9.78 Å². The van der Waals surface area contributed by atoms with Crippen LogP contribution in [0.5, 0.6) is 0 Å². The van der Waals surface area contributed by atoms with Crippen molar-refractivity contribution in [3.63, 3.8) is 0 Å². The number of pyridine rings is 1. The molecule has 0 aliphatic heterocycles. The van der Waals surface area contributed by atoms with Crippen LogP contribution >= 0.6 is 35.0 Å². The van der Waals surface area contributed by atoms with Gasteiger partial charge in [0.25, 0.3) is 0 Å². The molecule has 1 unspecified atom stereocenters. The lowest BCUT2D eigenvalue weighted by Crippen LogP contribution is -2.47. The molecule has 0 aliphatic carbocycles. The van der Waals surface area contributed by atoms with E-state index in [1.54, 1.807) is 6.20 Å². The van der Waals surface area contributed by atoms with Gasteiger partial charge in [-0.2, -0.15) is 16.5 Å². The number of nitrogens with zero attached hydrogens (tertiary/aromatic N) is 1. The van der Waals surface area contributed by atoms with Crippen molar-refractivity contribution < 1.29 is 13.2 Å². The number of carbonyl (C=O) groups excluding carboxylic acids is 1.